The molecule has 2 aliphatic heterocycles. The summed E-state index contributed by atoms with van der Waals surface area (Å²) in [5.41, 5.74) is 5.67. The lowest BCUT2D eigenvalue weighted by Crippen LogP contribution is -2.61. The maximum absolute atomic E-state index is 12.8. The molecule has 132 valence electrons. The number of nitrogens with zero attached hydrogens (tertiary/aromatic N) is 1. The Bertz CT molecular complexity index is 412. The highest BCUT2D eigenvalue weighted by molar-refractivity contribution is 5.74. The van der Waals surface area contributed by atoms with Gasteiger partial charge in [-0.25, -0.2) is 4.79 Å². The van der Waals surface area contributed by atoms with Gasteiger partial charge in [-0.05, 0) is 32.2 Å². The molecule has 1 spiro atoms. The van der Waals surface area contributed by atoms with Crippen LogP contribution in [0.25, 0.3) is 0 Å². The van der Waals surface area contributed by atoms with Crippen LogP contribution in [0.2, 0.25) is 0 Å². The predicted octanol–water partition coefficient (Wildman–Crippen LogP) is 1.48. The van der Waals surface area contributed by atoms with E-state index in [1.807, 2.05) is 4.90 Å². The SMILES string of the molecule is CC1CN(C(=O)NC2CCCCC2CN)CC2(CCOCC2)O1. The summed E-state index contributed by atoms with van der Waals surface area (Å²) < 4.78 is 11.7. The van der Waals surface area contributed by atoms with E-state index < -0.39 is 0 Å². The van der Waals surface area contributed by atoms with Gasteiger partial charge in [0.1, 0.15) is 0 Å². The number of carbonyl (C=O) groups excluding carboxylic acids is 1. The molecule has 0 aromatic rings. The van der Waals surface area contributed by atoms with E-state index in [1.165, 1.54) is 12.8 Å². The minimum atomic E-state index is -0.215. The number of nitrogens with two attached hydrogens (primary N) is 1. The van der Waals surface area contributed by atoms with Gasteiger partial charge in [0.25, 0.3) is 0 Å². The normalized spacial score (nSPS) is 34.3. The molecule has 3 fully saturated rings. The number of hydrogen-bond donors (Lipinski definition) is 2. The van der Waals surface area contributed by atoms with E-state index in [4.69, 9.17) is 15.2 Å². The number of nitrogens with one attached hydrogen (secondary N) is 1. The van der Waals surface area contributed by atoms with E-state index in [0.29, 0.717) is 25.6 Å². The molecule has 0 aromatic heterocycles. The van der Waals surface area contributed by atoms with Gasteiger partial charge >= 0.3 is 6.03 Å². The van der Waals surface area contributed by atoms with Crippen molar-refractivity contribution in [2.24, 2.45) is 11.7 Å². The minimum Gasteiger partial charge on any atom is -0.381 e. The molecule has 2 saturated heterocycles. The molecule has 23 heavy (non-hydrogen) atoms. The summed E-state index contributed by atoms with van der Waals surface area (Å²) in [6.07, 6.45) is 6.40. The Morgan fingerprint density at radius 2 is 2.04 bits per heavy atom. The lowest BCUT2D eigenvalue weighted by Gasteiger charge is -2.47. The predicted molar refractivity (Wildman–Crippen MR) is 88.2 cm³/mol. The number of rotatable bonds is 2. The molecule has 1 saturated carbocycles. The monoisotopic (exact) mass is 325 g/mol. The first-order chi connectivity index (χ1) is 11.1. The third-order valence-corrected chi connectivity index (χ3v) is 5.62. The average molecular weight is 325 g/mol. The summed E-state index contributed by atoms with van der Waals surface area (Å²) >= 11 is 0. The number of hydrogen-bond acceptors (Lipinski definition) is 4. The molecule has 3 N–H and O–H groups in total. The summed E-state index contributed by atoms with van der Waals surface area (Å²) in [7, 11) is 0. The summed E-state index contributed by atoms with van der Waals surface area (Å²) in [5, 5.41) is 3.25. The molecule has 3 rings (SSSR count). The molecule has 0 aromatic carbocycles. The van der Waals surface area contributed by atoms with Crippen molar-refractivity contribution in [2.75, 3.05) is 32.8 Å². The Morgan fingerprint density at radius 3 is 2.78 bits per heavy atom. The first-order valence-electron chi connectivity index (χ1n) is 9.13. The lowest BCUT2D eigenvalue weighted by atomic mass is 9.84. The lowest BCUT2D eigenvalue weighted by molar-refractivity contribution is -0.175. The molecule has 3 unspecified atom stereocenters. The second-order valence-electron chi connectivity index (χ2n) is 7.44. The van der Waals surface area contributed by atoms with Crippen LogP contribution in [0.1, 0.15) is 45.4 Å². The highest BCUT2D eigenvalue weighted by atomic mass is 16.5. The molecular weight excluding hydrogens is 294 g/mol. The summed E-state index contributed by atoms with van der Waals surface area (Å²) in [4.78, 5) is 14.7. The molecule has 2 heterocycles. The first kappa shape index (κ1) is 17.0. The topological polar surface area (TPSA) is 76.8 Å². The van der Waals surface area contributed by atoms with E-state index in [0.717, 1.165) is 38.9 Å². The van der Waals surface area contributed by atoms with E-state index in [1.54, 1.807) is 0 Å². The third kappa shape index (κ3) is 3.98. The number of ether oxygens (including phenoxy) is 2. The molecular formula is C17H31N3O3. The van der Waals surface area contributed by atoms with Crippen LogP contribution in [0.15, 0.2) is 0 Å². The Balaban J connectivity index is 1.61. The molecule has 1 aliphatic carbocycles. The van der Waals surface area contributed by atoms with Crippen LogP contribution in [-0.4, -0.2) is 61.5 Å². The quantitative estimate of drug-likeness (QED) is 0.806. The molecule has 0 bridgehead atoms. The van der Waals surface area contributed by atoms with Crippen LogP contribution in [-0.2, 0) is 9.47 Å². The van der Waals surface area contributed by atoms with Crippen LogP contribution in [0, 0.1) is 5.92 Å². The van der Waals surface area contributed by atoms with E-state index in [2.05, 4.69) is 12.2 Å². The van der Waals surface area contributed by atoms with Gasteiger partial charge in [-0.1, -0.05) is 12.8 Å². The number of amides is 2. The number of urea groups is 1. The number of morpholine rings is 1. The Labute approximate surface area is 139 Å². The first-order valence-corrected chi connectivity index (χ1v) is 9.13. The van der Waals surface area contributed by atoms with Gasteiger partial charge in [0, 0.05) is 38.6 Å². The van der Waals surface area contributed by atoms with Gasteiger partial charge in [0.05, 0.1) is 18.2 Å². The zero-order chi connectivity index (χ0) is 16.3. The van der Waals surface area contributed by atoms with Crippen molar-refractivity contribution in [1.29, 1.82) is 0 Å². The third-order valence-electron chi connectivity index (χ3n) is 5.62. The van der Waals surface area contributed by atoms with Crippen molar-refractivity contribution in [2.45, 2.75) is 63.2 Å². The minimum absolute atomic E-state index is 0.0522. The van der Waals surface area contributed by atoms with Gasteiger partial charge in [-0.3, -0.25) is 0 Å². The van der Waals surface area contributed by atoms with Crippen molar-refractivity contribution >= 4 is 6.03 Å². The van der Waals surface area contributed by atoms with Crippen molar-refractivity contribution < 1.29 is 14.3 Å². The summed E-state index contributed by atoms with van der Waals surface area (Å²) in [6, 6.07) is 0.279. The molecule has 3 atom stereocenters. The van der Waals surface area contributed by atoms with Crippen LogP contribution in [0.5, 0.6) is 0 Å². The molecule has 6 nitrogen and oxygen atoms in total. The molecule has 3 aliphatic rings. The van der Waals surface area contributed by atoms with E-state index in [9.17, 15) is 4.79 Å². The summed E-state index contributed by atoms with van der Waals surface area (Å²) in [5.74, 6) is 0.420. The smallest absolute Gasteiger partial charge is 0.317 e. The molecule has 2 amide bonds. The highest BCUT2D eigenvalue weighted by Gasteiger charge is 2.42. The van der Waals surface area contributed by atoms with Crippen molar-refractivity contribution in [3.05, 3.63) is 0 Å². The van der Waals surface area contributed by atoms with Crippen LogP contribution in [0.4, 0.5) is 4.79 Å². The highest BCUT2D eigenvalue weighted by Crippen LogP contribution is 2.32. The van der Waals surface area contributed by atoms with E-state index >= 15 is 0 Å². The second-order valence-corrected chi connectivity index (χ2v) is 7.44. The van der Waals surface area contributed by atoms with Gasteiger partial charge in [0.15, 0.2) is 0 Å². The Kier molecular flexibility index (Phi) is 5.44. The zero-order valence-corrected chi connectivity index (χ0v) is 14.3. The maximum atomic E-state index is 12.8. The standard InChI is InChI=1S/C17H31N3O3/c1-13-11-20(12-17(23-13)6-8-22-9-7-17)16(21)19-15-5-3-2-4-14(15)10-18/h13-15H,2-12,18H2,1H3,(H,19,21). The second kappa shape index (κ2) is 7.36. The number of carbonyl (C=O) groups is 1. The molecule has 0 radical (unpaired) electrons. The van der Waals surface area contributed by atoms with Crippen LogP contribution >= 0.6 is 0 Å². The maximum Gasteiger partial charge on any atom is 0.317 e. The largest absolute Gasteiger partial charge is 0.381 e. The fraction of sp³-hybridized carbons (Fsp3) is 0.941. The average Bonchev–Trinajstić information content (AvgIpc) is 2.55. The van der Waals surface area contributed by atoms with Gasteiger partial charge in [-0.15, -0.1) is 0 Å². The van der Waals surface area contributed by atoms with Gasteiger partial charge in [-0.2, -0.15) is 0 Å². The van der Waals surface area contributed by atoms with E-state index in [-0.39, 0.29) is 23.8 Å². The Hall–Kier alpha value is -0.850. The fourth-order valence-electron chi connectivity index (χ4n) is 4.33. The van der Waals surface area contributed by atoms with Gasteiger partial charge < -0.3 is 25.4 Å². The Morgan fingerprint density at radius 1 is 1.30 bits per heavy atom. The van der Waals surface area contributed by atoms with Crippen molar-refractivity contribution in [3.63, 3.8) is 0 Å². The van der Waals surface area contributed by atoms with Crippen molar-refractivity contribution in [1.82, 2.24) is 10.2 Å². The summed E-state index contributed by atoms with van der Waals surface area (Å²) in [6.45, 7) is 5.49. The van der Waals surface area contributed by atoms with Crippen LogP contribution < -0.4 is 11.1 Å². The zero-order valence-electron chi connectivity index (χ0n) is 14.3. The van der Waals surface area contributed by atoms with Crippen LogP contribution in [0.3, 0.4) is 0 Å². The van der Waals surface area contributed by atoms with Gasteiger partial charge in [0.2, 0.25) is 0 Å². The molecule has 6 heteroatoms. The fourth-order valence-corrected chi connectivity index (χ4v) is 4.33. The van der Waals surface area contributed by atoms with Crippen molar-refractivity contribution in [3.8, 4) is 0 Å².